The smallest absolute Gasteiger partial charge is 0.293 e. The normalized spacial score (nSPS) is 13.5. The summed E-state index contributed by atoms with van der Waals surface area (Å²) in [5, 5.41) is 11.8. The van der Waals surface area contributed by atoms with E-state index in [1.54, 1.807) is 6.07 Å². The van der Waals surface area contributed by atoms with E-state index in [2.05, 4.69) is 27.0 Å². The molecule has 0 spiro atoms. The van der Waals surface area contributed by atoms with E-state index >= 15 is 0 Å². The summed E-state index contributed by atoms with van der Waals surface area (Å²) in [6, 6.07) is 21.4. The van der Waals surface area contributed by atoms with E-state index in [1.165, 1.54) is 11.1 Å². The molecule has 0 bridgehead atoms. The third-order valence-corrected chi connectivity index (χ3v) is 5.31. The number of nitrogens with zero attached hydrogens (tertiary/aromatic N) is 3. The number of rotatable bonds is 3. The first-order chi connectivity index (χ1) is 13.7. The molecule has 0 unspecified atom stereocenters. The zero-order chi connectivity index (χ0) is 19.1. The zero-order valence-electron chi connectivity index (χ0n) is 15.1. The molecule has 1 N–H and O–H groups in total. The van der Waals surface area contributed by atoms with E-state index in [9.17, 15) is 10.1 Å². The van der Waals surface area contributed by atoms with Crippen LogP contribution in [0.5, 0.6) is 0 Å². The van der Waals surface area contributed by atoms with Crippen molar-refractivity contribution >= 4 is 22.4 Å². The monoisotopic (exact) mass is 370 g/mol. The van der Waals surface area contributed by atoms with Gasteiger partial charge in [-0.3, -0.25) is 10.1 Å². The molecule has 1 aromatic heterocycles. The molecular weight excluding hydrogens is 352 g/mol. The predicted molar refractivity (Wildman–Crippen MR) is 109 cm³/mol. The Bertz CT molecular complexity index is 1170. The summed E-state index contributed by atoms with van der Waals surface area (Å²) in [6.07, 6.45) is 0.888. The van der Waals surface area contributed by atoms with Crippen LogP contribution in [0.1, 0.15) is 11.1 Å². The van der Waals surface area contributed by atoms with Crippen molar-refractivity contribution in [2.45, 2.75) is 13.0 Å². The van der Waals surface area contributed by atoms with E-state index in [1.807, 2.05) is 48.5 Å². The van der Waals surface area contributed by atoms with Gasteiger partial charge in [-0.2, -0.15) is 0 Å². The van der Waals surface area contributed by atoms with E-state index in [0.717, 1.165) is 24.0 Å². The lowest BCUT2D eigenvalue weighted by molar-refractivity contribution is -0.384. The topological polar surface area (TPSA) is 75.1 Å². The van der Waals surface area contributed by atoms with Crippen molar-refractivity contribution in [3.63, 3.8) is 0 Å². The fourth-order valence-electron chi connectivity index (χ4n) is 3.88. The van der Waals surface area contributed by atoms with Gasteiger partial charge in [-0.25, -0.2) is 4.98 Å². The average molecular weight is 370 g/mol. The van der Waals surface area contributed by atoms with Crippen LogP contribution >= 0.6 is 0 Å². The van der Waals surface area contributed by atoms with Crippen LogP contribution in [-0.2, 0) is 13.0 Å². The predicted octanol–water partition coefficient (Wildman–Crippen LogP) is 4.70. The van der Waals surface area contributed by atoms with E-state index in [-0.39, 0.29) is 10.6 Å². The third-order valence-electron chi connectivity index (χ3n) is 5.31. The van der Waals surface area contributed by atoms with Crippen LogP contribution in [0.3, 0.4) is 0 Å². The number of imidazole rings is 1. The van der Waals surface area contributed by atoms with E-state index in [0.29, 0.717) is 23.6 Å². The highest BCUT2D eigenvalue weighted by atomic mass is 16.6. The fourth-order valence-corrected chi connectivity index (χ4v) is 3.88. The Hall–Kier alpha value is -3.67. The minimum absolute atomic E-state index is 0.109. The number of benzene rings is 3. The summed E-state index contributed by atoms with van der Waals surface area (Å²) in [7, 11) is 0. The van der Waals surface area contributed by atoms with Gasteiger partial charge < -0.3 is 9.88 Å². The lowest BCUT2D eigenvalue weighted by Crippen LogP contribution is -2.30. The van der Waals surface area contributed by atoms with Crippen molar-refractivity contribution in [2.24, 2.45) is 0 Å². The van der Waals surface area contributed by atoms with Crippen LogP contribution in [0.15, 0.2) is 66.7 Å². The van der Waals surface area contributed by atoms with Gasteiger partial charge in [-0.15, -0.1) is 0 Å². The Labute approximate surface area is 161 Å². The number of hydrogen-bond acceptors (Lipinski definition) is 4. The molecule has 4 aromatic rings. The minimum Gasteiger partial charge on any atom is -0.361 e. The second-order valence-corrected chi connectivity index (χ2v) is 7.00. The summed E-state index contributed by atoms with van der Waals surface area (Å²) >= 11 is 0. The quantitative estimate of drug-likeness (QED) is 0.419. The molecular formula is C22H18N4O2. The number of anilines is 1. The van der Waals surface area contributed by atoms with Gasteiger partial charge in [0, 0.05) is 24.7 Å². The molecule has 0 saturated carbocycles. The lowest BCUT2D eigenvalue weighted by atomic mass is 9.99. The van der Waals surface area contributed by atoms with E-state index in [4.69, 9.17) is 0 Å². The summed E-state index contributed by atoms with van der Waals surface area (Å²) in [5.74, 6) is 0.639. The van der Waals surface area contributed by atoms with Gasteiger partial charge in [0.2, 0.25) is 0 Å². The fraction of sp³-hybridized carbons (Fsp3) is 0.136. The van der Waals surface area contributed by atoms with Gasteiger partial charge in [0.05, 0.1) is 16.0 Å². The van der Waals surface area contributed by atoms with Crippen molar-refractivity contribution < 1.29 is 4.92 Å². The number of para-hydroxylation sites is 2. The Kier molecular flexibility index (Phi) is 3.83. The molecule has 3 aromatic carbocycles. The maximum absolute atomic E-state index is 11.8. The van der Waals surface area contributed by atoms with Crippen molar-refractivity contribution in [3.8, 4) is 11.4 Å². The molecule has 0 fully saturated rings. The molecule has 2 heterocycles. The minimum atomic E-state index is -0.304. The Balaban J connectivity index is 1.54. The molecule has 0 amide bonds. The maximum atomic E-state index is 11.8. The van der Waals surface area contributed by atoms with Gasteiger partial charge in [0.25, 0.3) is 5.69 Å². The molecule has 28 heavy (non-hydrogen) atoms. The molecule has 138 valence electrons. The number of aromatic nitrogens is 2. The number of nitrogens with one attached hydrogen (secondary N) is 1. The Morgan fingerprint density at radius 3 is 2.61 bits per heavy atom. The molecule has 6 heteroatoms. The largest absolute Gasteiger partial charge is 0.361 e. The molecule has 0 radical (unpaired) electrons. The zero-order valence-corrected chi connectivity index (χ0v) is 15.1. The second-order valence-electron chi connectivity index (χ2n) is 7.00. The molecule has 1 aliphatic rings. The van der Waals surface area contributed by atoms with Crippen molar-refractivity contribution in [3.05, 3.63) is 88.0 Å². The SMILES string of the molecule is O=[N+]([O-])c1cc(-c2nc3ccccc3[nH]2)ccc1N1CCc2ccccc2C1. The molecule has 0 atom stereocenters. The van der Waals surface area contributed by atoms with Gasteiger partial charge in [-0.1, -0.05) is 36.4 Å². The Morgan fingerprint density at radius 1 is 1.00 bits per heavy atom. The first-order valence-electron chi connectivity index (χ1n) is 9.24. The molecule has 5 rings (SSSR count). The molecule has 1 aliphatic heterocycles. The highest BCUT2D eigenvalue weighted by Gasteiger charge is 2.24. The van der Waals surface area contributed by atoms with Crippen LogP contribution in [0.25, 0.3) is 22.4 Å². The first kappa shape index (κ1) is 16.5. The van der Waals surface area contributed by atoms with Gasteiger partial charge in [0.1, 0.15) is 11.5 Å². The maximum Gasteiger partial charge on any atom is 0.293 e. The van der Waals surface area contributed by atoms with Crippen molar-refractivity contribution in [1.82, 2.24) is 9.97 Å². The molecule has 0 saturated heterocycles. The van der Waals surface area contributed by atoms with Gasteiger partial charge in [0.15, 0.2) is 0 Å². The van der Waals surface area contributed by atoms with Crippen molar-refractivity contribution in [2.75, 3.05) is 11.4 Å². The van der Waals surface area contributed by atoms with Crippen LogP contribution in [0, 0.1) is 10.1 Å². The highest BCUT2D eigenvalue weighted by Crippen LogP contribution is 2.35. The number of nitro benzene ring substituents is 1. The highest BCUT2D eigenvalue weighted by molar-refractivity contribution is 5.80. The lowest BCUT2D eigenvalue weighted by Gasteiger charge is -2.30. The average Bonchev–Trinajstić information content (AvgIpc) is 3.17. The summed E-state index contributed by atoms with van der Waals surface area (Å²) < 4.78 is 0. The van der Waals surface area contributed by atoms with Gasteiger partial charge in [-0.05, 0) is 41.8 Å². The van der Waals surface area contributed by atoms with Crippen LogP contribution in [-0.4, -0.2) is 21.4 Å². The third kappa shape index (κ3) is 2.79. The Morgan fingerprint density at radius 2 is 1.79 bits per heavy atom. The molecule has 6 nitrogen and oxygen atoms in total. The molecule has 0 aliphatic carbocycles. The second kappa shape index (κ2) is 6.49. The van der Waals surface area contributed by atoms with Crippen LogP contribution in [0.4, 0.5) is 11.4 Å². The summed E-state index contributed by atoms with van der Waals surface area (Å²) in [4.78, 5) is 21.4. The number of H-pyrrole nitrogens is 1. The summed E-state index contributed by atoms with van der Waals surface area (Å²) in [5.41, 5.74) is 5.78. The van der Waals surface area contributed by atoms with Gasteiger partial charge >= 0.3 is 0 Å². The number of nitro groups is 1. The van der Waals surface area contributed by atoms with Crippen LogP contribution < -0.4 is 4.90 Å². The number of hydrogen-bond donors (Lipinski definition) is 1. The van der Waals surface area contributed by atoms with Crippen LogP contribution in [0.2, 0.25) is 0 Å². The van der Waals surface area contributed by atoms with Crippen molar-refractivity contribution in [1.29, 1.82) is 0 Å². The number of aromatic amines is 1. The van der Waals surface area contributed by atoms with E-state index < -0.39 is 0 Å². The standard InChI is InChI=1S/C22H18N4O2/c27-26(28)21-13-16(22-23-18-7-3-4-8-19(18)24-22)9-10-20(21)25-12-11-15-5-1-2-6-17(15)14-25/h1-10,13H,11-12,14H2,(H,23,24). The first-order valence-corrected chi connectivity index (χ1v) is 9.24. The summed E-state index contributed by atoms with van der Waals surface area (Å²) in [6.45, 7) is 1.45. The number of fused-ring (bicyclic) bond motifs is 2.